The van der Waals surface area contributed by atoms with Crippen molar-refractivity contribution in [2.75, 3.05) is 19.0 Å². The normalized spacial score (nSPS) is 10.3. The molecule has 0 saturated heterocycles. The number of carbonyl (C=O) groups excluding carboxylic acids is 1. The van der Waals surface area contributed by atoms with Gasteiger partial charge < -0.3 is 15.7 Å². The smallest absolute Gasteiger partial charge is 0.251 e. The SMILES string of the molecule is CNC(=O)c1cccc(NCc2cnn(CCO)c2)c1. The van der Waals surface area contributed by atoms with Crippen LogP contribution in [-0.2, 0) is 13.1 Å². The zero-order chi connectivity index (χ0) is 14.4. The van der Waals surface area contributed by atoms with E-state index in [1.54, 1.807) is 30.1 Å². The summed E-state index contributed by atoms with van der Waals surface area (Å²) in [5.41, 5.74) is 2.51. The van der Waals surface area contributed by atoms with Crippen LogP contribution < -0.4 is 10.6 Å². The summed E-state index contributed by atoms with van der Waals surface area (Å²) in [6.07, 6.45) is 3.64. The molecule has 20 heavy (non-hydrogen) atoms. The first-order valence-electron chi connectivity index (χ1n) is 6.41. The van der Waals surface area contributed by atoms with Gasteiger partial charge in [0.05, 0.1) is 19.3 Å². The van der Waals surface area contributed by atoms with Gasteiger partial charge in [-0.15, -0.1) is 0 Å². The second-order valence-electron chi connectivity index (χ2n) is 4.35. The Morgan fingerprint density at radius 2 is 2.30 bits per heavy atom. The van der Waals surface area contributed by atoms with E-state index in [2.05, 4.69) is 15.7 Å². The van der Waals surface area contributed by atoms with Crippen LogP contribution in [0.15, 0.2) is 36.7 Å². The van der Waals surface area contributed by atoms with Gasteiger partial charge in [-0.25, -0.2) is 0 Å². The van der Waals surface area contributed by atoms with Gasteiger partial charge in [0.15, 0.2) is 0 Å². The summed E-state index contributed by atoms with van der Waals surface area (Å²) in [4.78, 5) is 11.5. The van der Waals surface area contributed by atoms with Gasteiger partial charge in [0.1, 0.15) is 0 Å². The van der Waals surface area contributed by atoms with Gasteiger partial charge in [-0.3, -0.25) is 9.48 Å². The quantitative estimate of drug-likeness (QED) is 0.729. The third-order valence-corrected chi connectivity index (χ3v) is 2.86. The maximum absolute atomic E-state index is 11.5. The van der Waals surface area contributed by atoms with Crippen molar-refractivity contribution in [1.29, 1.82) is 0 Å². The summed E-state index contributed by atoms with van der Waals surface area (Å²) >= 11 is 0. The second kappa shape index (κ2) is 6.72. The molecule has 0 bridgehead atoms. The summed E-state index contributed by atoms with van der Waals surface area (Å²) in [6, 6.07) is 7.31. The Hall–Kier alpha value is -2.34. The molecule has 0 radical (unpaired) electrons. The fourth-order valence-corrected chi connectivity index (χ4v) is 1.84. The van der Waals surface area contributed by atoms with Gasteiger partial charge in [0.2, 0.25) is 0 Å². The van der Waals surface area contributed by atoms with Crippen molar-refractivity contribution in [3.63, 3.8) is 0 Å². The van der Waals surface area contributed by atoms with Crippen LogP contribution >= 0.6 is 0 Å². The molecule has 0 saturated carbocycles. The molecule has 106 valence electrons. The Morgan fingerprint density at radius 3 is 3.05 bits per heavy atom. The Bertz CT molecular complexity index is 580. The zero-order valence-electron chi connectivity index (χ0n) is 11.3. The van der Waals surface area contributed by atoms with Crippen molar-refractivity contribution in [2.24, 2.45) is 0 Å². The van der Waals surface area contributed by atoms with Crippen LogP contribution in [0.4, 0.5) is 5.69 Å². The van der Waals surface area contributed by atoms with Crippen LogP contribution in [0, 0.1) is 0 Å². The van der Waals surface area contributed by atoms with Gasteiger partial charge in [-0.1, -0.05) is 6.07 Å². The van der Waals surface area contributed by atoms with E-state index >= 15 is 0 Å². The lowest BCUT2D eigenvalue weighted by atomic mass is 10.2. The number of rotatable bonds is 6. The molecular weight excluding hydrogens is 256 g/mol. The molecule has 1 amide bonds. The Kier molecular flexibility index (Phi) is 4.73. The molecule has 0 unspecified atom stereocenters. The topological polar surface area (TPSA) is 79.2 Å². The number of nitrogens with one attached hydrogen (secondary N) is 2. The lowest BCUT2D eigenvalue weighted by Crippen LogP contribution is -2.17. The number of carbonyl (C=O) groups is 1. The minimum Gasteiger partial charge on any atom is -0.394 e. The van der Waals surface area contributed by atoms with Crippen molar-refractivity contribution in [1.82, 2.24) is 15.1 Å². The minimum absolute atomic E-state index is 0.0721. The van der Waals surface area contributed by atoms with Gasteiger partial charge >= 0.3 is 0 Å². The summed E-state index contributed by atoms with van der Waals surface area (Å²) in [7, 11) is 1.61. The number of hydrogen-bond donors (Lipinski definition) is 3. The van der Waals surface area contributed by atoms with E-state index in [-0.39, 0.29) is 12.5 Å². The predicted molar refractivity (Wildman–Crippen MR) is 76.5 cm³/mol. The Morgan fingerprint density at radius 1 is 1.45 bits per heavy atom. The molecule has 3 N–H and O–H groups in total. The molecule has 0 atom stereocenters. The second-order valence-corrected chi connectivity index (χ2v) is 4.35. The number of hydrogen-bond acceptors (Lipinski definition) is 4. The molecule has 0 spiro atoms. The van der Waals surface area contributed by atoms with Crippen molar-refractivity contribution in [3.8, 4) is 0 Å². The van der Waals surface area contributed by atoms with Crippen LogP contribution in [0.25, 0.3) is 0 Å². The third-order valence-electron chi connectivity index (χ3n) is 2.86. The average Bonchev–Trinajstić information content (AvgIpc) is 2.93. The largest absolute Gasteiger partial charge is 0.394 e. The fourth-order valence-electron chi connectivity index (χ4n) is 1.84. The summed E-state index contributed by atoms with van der Waals surface area (Å²) in [5.74, 6) is -0.107. The van der Waals surface area contributed by atoms with Crippen molar-refractivity contribution in [2.45, 2.75) is 13.1 Å². The standard InChI is InChI=1S/C14H18N4O2/c1-15-14(20)12-3-2-4-13(7-12)16-8-11-9-17-18(10-11)5-6-19/h2-4,7,9-10,16,19H,5-6,8H2,1H3,(H,15,20). The van der Waals surface area contributed by atoms with Crippen LogP contribution in [-0.4, -0.2) is 34.4 Å². The summed E-state index contributed by atoms with van der Waals surface area (Å²) in [5, 5.41) is 18.8. The molecular formula is C14H18N4O2. The number of nitrogens with zero attached hydrogens (tertiary/aromatic N) is 2. The number of aliphatic hydroxyl groups is 1. The van der Waals surface area contributed by atoms with E-state index < -0.39 is 0 Å². The summed E-state index contributed by atoms with van der Waals surface area (Å²) in [6.45, 7) is 1.18. The van der Waals surface area contributed by atoms with E-state index in [1.807, 2.05) is 18.3 Å². The molecule has 0 fully saturated rings. The molecule has 1 heterocycles. The van der Waals surface area contributed by atoms with Gasteiger partial charge in [0, 0.05) is 36.6 Å². The highest BCUT2D eigenvalue weighted by atomic mass is 16.3. The first-order valence-corrected chi connectivity index (χ1v) is 6.41. The summed E-state index contributed by atoms with van der Waals surface area (Å²) < 4.78 is 1.69. The molecule has 0 aliphatic carbocycles. The first kappa shape index (κ1) is 14.1. The zero-order valence-corrected chi connectivity index (χ0v) is 11.3. The van der Waals surface area contributed by atoms with E-state index in [9.17, 15) is 4.79 Å². The molecule has 1 aromatic heterocycles. The highest BCUT2D eigenvalue weighted by Crippen LogP contribution is 2.12. The van der Waals surface area contributed by atoms with Crippen molar-refractivity contribution >= 4 is 11.6 Å². The lowest BCUT2D eigenvalue weighted by molar-refractivity contribution is 0.0963. The number of amides is 1. The maximum Gasteiger partial charge on any atom is 0.251 e. The number of aromatic nitrogens is 2. The number of anilines is 1. The van der Waals surface area contributed by atoms with Crippen LogP contribution in [0.5, 0.6) is 0 Å². The van der Waals surface area contributed by atoms with Gasteiger partial charge in [0.25, 0.3) is 5.91 Å². The molecule has 6 heteroatoms. The maximum atomic E-state index is 11.5. The molecule has 0 aliphatic rings. The first-order chi connectivity index (χ1) is 9.72. The Balaban J connectivity index is 1.97. The molecule has 6 nitrogen and oxygen atoms in total. The van der Waals surface area contributed by atoms with Crippen LogP contribution in [0.2, 0.25) is 0 Å². The predicted octanol–water partition coefficient (Wildman–Crippen LogP) is 0.847. The van der Waals surface area contributed by atoms with Crippen LogP contribution in [0.1, 0.15) is 15.9 Å². The average molecular weight is 274 g/mol. The monoisotopic (exact) mass is 274 g/mol. The van der Waals surface area contributed by atoms with Crippen LogP contribution in [0.3, 0.4) is 0 Å². The molecule has 2 aromatic rings. The highest BCUT2D eigenvalue weighted by molar-refractivity contribution is 5.94. The molecule has 0 aliphatic heterocycles. The van der Waals surface area contributed by atoms with E-state index in [0.717, 1.165) is 11.3 Å². The number of benzene rings is 1. The molecule has 1 aromatic carbocycles. The van der Waals surface area contributed by atoms with E-state index in [4.69, 9.17) is 5.11 Å². The Labute approximate surface area is 117 Å². The van der Waals surface area contributed by atoms with Gasteiger partial charge in [-0.2, -0.15) is 5.10 Å². The molecule has 2 rings (SSSR count). The van der Waals surface area contributed by atoms with Crippen molar-refractivity contribution < 1.29 is 9.90 Å². The third kappa shape index (κ3) is 3.58. The minimum atomic E-state index is -0.107. The lowest BCUT2D eigenvalue weighted by Gasteiger charge is -2.06. The van der Waals surface area contributed by atoms with E-state index in [1.165, 1.54) is 0 Å². The highest BCUT2D eigenvalue weighted by Gasteiger charge is 2.04. The number of aliphatic hydroxyl groups excluding tert-OH is 1. The van der Waals surface area contributed by atoms with Crippen molar-refractivity contribution in [3.05, 3.63) is 47.8 Å². The van der Waals surface area contributed by atoms with E-state index in [0.29, 0.717) is 18.7 Å². The fraction of sp³-hybridized carbons (Fsp3) is 0.286. The van der Waals surface area contributed by atoms with Gasteiger partial charge in [-0.05, 0) is 18.2 Å².